The Hall–Kier alpha value is -5.62. The van der Waals surface area contributed by atoms with Crippen LogP contribution < -0.4 is 0 Å². The van der Waals surface area contributed by atoms with Crippen molar-refractivity contribution in [3.05, 3.63) is 90.5 Å². The molecule has 0 saturated carbocycles. The van der Waals surface area contributed by atoms with E-state index in [1.54, 1.807) is 6.07 Å². The first-order valence-electron chi connectivity index (χ1n) is 13.9. The van der Waals surface area contributed by atoms with E-state index in [-0.39, 0.29) is 32.8 Å². The monoisotopic (exact) mass is 614 g/mol. The van der Waals surface area contributed by atoms with Gasteiger partial charge in [-0.3, -0.25) is 0 Å². The van der Waals surface area contributed by atoms with Crippen LogP contribution in [0.2, 0.25) is 0 Å². The summed E-state index contributed by atoms with van der Waals surface area (Å²) in [4.78, 5) is 34.9. The zero-order valence-electron chi connectivity index (χ0n) is 22.8. The number of benzene rings is 4. The van der Waals surface area contributed by atoms with Crippen molar-refractivity contribution in [3.63, 3.8) is 0 Å². The lowest BCUT2D eigenvalue weighted by Crippen LogP contribution is -2.07. The van der Waals surface area contributed by atoms with E-state index in [9.17, 15) is 13.2 Å². The standard InChI is InChI=1S/C33H17F3N8S/c34-33(35,36)24-22(45)14-13-21-23(24)32-43-30-20-12-6-5-11-19(20)28(41-30)39-26-16-8-2-1-7-15(16)25(37-26)38-27-17-9-3-4-10-18(17)29(40-27)42-31(21)44-32/h1-14,45H,(H2,37,38,39,40,41,42,43,44). The Morgan fingerprint density at radius 1 is 0.467 bits per heavy atom. The van der Waals surface area contributed by atoms with Crippen LogP contribution in [-0.4, -0.2) is 39.9 Å². The van der Waals surface area contributed by atoms with Crippen LogP contribution in [0.1, 0.15) is 5.56 Å². The molecule has 0 aliphatic carbocycles. The number of nitrogens with zero attached hydrogens (tertiary/aromatic N) is 6. The number of aromatic amines is 2. The Morgan fingerprint density at radius 2 is 0.867 bits per heavy atom. The molecule has 7 aromatic rings. The third-order valence-electron chi connectivity index (χ3n) is 7.98. The van der Waals surface area contributed by atoms with Crippen molar-refractivity contribution in [1.29, 1.82) is 0 Å². The topological polar surface area (TPSA) is 109 Å². The van der Waals surface area contributed by atoms with E-state index in [2.05, 4.69) is 22.6 Å². The summed E-state index contributed by atoms with van der Waals surface area (Å²) >= 11 is 4.19. The number of H-pyrrole nitrogens is 2. The predicted octanol–water partition coefficient (Wildman–Crippen LogP) is 8.18. The fourth-order valence-electron chi connectivity index (χ4n) is 6.01. The highest BCUT2D eigenvalue weighted by Gasteiger charge is 2.36. The van der Waals surface area contributed by atoms with Crippen molar-refractivity contribution >= 4 is 56.8 Å². The van der Waals surface area contributed by atoms with Crippen LogP contribution in [0.15, 0.2) is 89.8 Å². The minimum atomic E-state index is -4.72. The third-order valence-corrected chi connectivity index (χ3v) is 8.35. The number of fused-ring (bicyclic) bond motifs is 20. The zero-order chi connectivity index (χ0) is 30.4. The summed E-state index contributed by atoms with van der Waals surface area (Å²) in [6, 6.07) is 25.4. The lowest BCUT2D eigenvalue weighted by molar-refractivity contribution is -0.138. The first-order chi connectivity index (χ1) is 21.8. The van der Waals surface area contributed by atoms with Gasteiger partial charge in [0.1, 0.15) is 22.6 Å². The van der Waals surface area contributed by atoms with E-state index < -0.39 is 11.7 Å². The van der Waals surface area contributed by atoms with Crippen LogP contribution in [0.4, 0.5) is 13.2 Å². The highest BCUT2D eigenvalue weighted by atomic mass is 32.1. The van der Waals surface area contributed by atoms with Crippen LogP contribution in [0.3, 0.4) is 0 Å². The average molecular weight is 615 g/mol. The lowest BCUT2D eigenvalue weighted by atomic mass is 10.1. The SMILES string of the molecule is FC(F)(F)c1c(S)ccc2c3nc4nc(nc5[nH]c(nc6nc(nc([nH]3)c12)-c1ccccc1-6)c1ccccc51)-c1ccccc1-4. The maximum Gasteiger partial charge on any atom is 0.418 e. The predicted molar refractivity (Wildman–Crippen MR) is 168 cm³/mol. The minimum Gasteiger partial charge on any atom is -0.324 e. The second-order valence-corrected chi connectivity index (χ2v) is 11.1. The molecule has 2 N–H and O–H groups in total. The van der Waals surface area contributed by atoms with Gasteiger partial charge in [0.05, 0.1) is 5.56 Å². The third kappa shape index (κ3) is 3.88. The van der Waals surface area contributed by atoms with E-state index in [0.717, 1.165) is 16.3 Å². The van der Waals surface area contributed by atoms with Gasteiger partial charge < -0.3 is 9.97 Å². The second-order valence-electron chi connectivity index (χ2n) is 10.6. The highest BCUT2D eigenvalue weighted by molar-refractivity contribution is 7.80. The number of aromatic nitrogens is 8. The molecule has 0 amide bonds. The zero-order valence-corrected chi connectivity index (χ0v) is 23.7. The fraction of sp³-hybridized carbons (Fsp3) is 0.0303. The Bertz CT molecular complexity index is 2570. The smallest absolute Gasteiger partial charge is 0.324 e. The van der Waals surface area contributed by atoms with Crippen molar-refractivity contribution in [2.24, 2.45) is 0 Å². The number of hydrogen-bond acceptors (Lipinski definition) is 7. The van der Waals surface area contributed by atoms with Crippen molar-refractivity contribution in [1.82, 2.24) is 39.9 Å². The van der Waals surface area contributed by atoms with Crippen molar-refractivity contribution in [2.75, 3.05) is 0 Å². The van der Waals surface area contributed by atoms with Crippen molar-refractivity contribution in [3.8, 4) is 45.6 Å². The molecule has 3 aromatic heterocycles. The largest absolute Gasteiger partial charge is 0.418 e. The van der Waals surface area contributed by atoms with E-state index >= 15 is 0 Å². The molecule has 216 valence electrons. The number of hydrogen-bond donors (Lipinski definition) is 3. The average Bonchev–Trinajstić information content (AvgIpc) is 3.76. The molecule has 8 bridgehead atoms. The fourth-order valence-corrected chi connectivity index (χ4v) is 6.32. The van der Waals surface area contributed by atoms with Gasteiger partial charge in [-0.25, -0.2) is 29.9 Å². The summed E-state index contributed by atoms with van der Waals surface area (Å²) in [6.07, 6.45) is -4.72. The molecule has 0 unspecified atom stereocenters. The van der Waals surface area contributed by atoms with Gasteiger partial charge in [-0.05, 0) is 12.1 Å². The molecule has 4 aromatic carbocycles. The summed E-state index contributed by atoms with van der Waals surface area (Å²) in [5, 5.41) is 1.72. The van der Waals surface area contributed by atoms with E-state index in [0.29, 0.717) is 45.5 Å². The Balaban J connectivity index is 1.53. The normalized spacial score (nSPS) is 12.4. The summed E-state index contributed by atoms with van der Waals surface area (Å²) < 4.78 is 43.7. The van der Waals surface area contributed by atoms with Crippen LogP contribution >= 0.6 is 12.6 Å². The van der Waals surface area contributed by atoms with Gasteiger partial charge in [0.15, 0.2) is 23.3 Å². The molecule has 2 aliphatic heterocycles. The van der Waals surface area contributed by atoms with Crippen LogP contribution in [0, 0.1) is 0 Å². The van der Waals surface area contributed by atoms with E-state index in [1.807, 2.05) is 72.8 Å². The molecule has 12 heteroatoms. The summed E-state index contributed by atoms with van der Waals surface area (Å²) in [7, 11) is 0. The van der Waals surface area contributed by atoms with E-state index in [1.165, 1.54) is 6.07 Å². The molecule has 45 heavy (non-hydrogen) atoms. The first kappa shape index (κ1) is 25.8. The molecule has 2 aliphatic rings. The summed E-state index contributed by atoms with van der Waals surface area (Å²) in [5.41, 5.74) is 3.02. The second kappa shape index (κ2) is 9.19. The van der Waals surface area contributed by atoms with Crippen LogP contribution in [0.5, 0.6) is 0 Å². The molecule has 0 saturated heterocycles. The minimum absolute atomic E-state index is 0.0535. The van der Waals surface area contributed by atoms with Gasteiger partial charge >= 0.3 is 6.18 Å². The molecule has 5 heterocycles. The van der Waals surface area contributed by atoms with Crippen molar-refractivity contribution in [2.45, 2.75) is 11.1 Å². The van der Waals surface area contributed by atoms with Crippen molar-refractivity contribution < 1.29 is 13.2 Å². The number of nitrogens with one attached hydrogen (secondary N) is 2. The molecule has 0 spiro atoms. The molecule has 0 fully saturated rings. The van der Waals surface area contributed by atoms with Gasteiger partial charge in [-0.1, -0.05) is 72.8 Å². The molecule has 0 radical (unpaired) electrons. The molecule has 0 atom stereocenters. The highest BCUT2D eigenvalue weighted by Crippen LogP contribution is 2.42. The van der Waals surface area contributed by atoms with Crippen LogP contribution in [-0.2, 0) is 6.18 Å². The molecular formula is C33H17F3N8S. The van der Waals surface area contributed by atoms with Gasteiger partial charge in [-0.15, -0.1) is 12.6 Å². The summed E-state index contributed by atoms with van der Waals surface area (Å²) in [6.45, 7) is 0. The van der Waals surface area contributed by atoms with Gasteiger partial charge in [0, 0.05) is 48.7 Å². The summed E-state index contributed by atoms with van der Waals surface area (Å²) in [5.74, 6) is 1.28. The number of thiol groups is 1. The Labute approximate surface area is 256 Å². The maximum atomic E-state index is 14.6. The van der Waals surface area contributed by atoms with Crippen LogP contribution in [0.25, 0.3) is 89.7 Å². The molecular weight excluding hydrogens is 597 g/mol. The Morgan fingerprint density at radius 3 is 1.33 bits per heavy atom. The van der Waals surface area contributed by atoms with Gasteiger partial charge in [0.2, 0.25) is 0 Å². The maximum absolute atomic E-state index is 14.6. The molecule has 9 rings (SSSR count). The quantitative estimate of drug-likeness (QED) is 0.149. The number of alkyl halides is 3. The van der Waals surface area contributed by atoms with Gasteiger partial charge in [0.25, 0.3) is 0 Å². The number of halogens is 3. The van der Waals surface area contributed by atoms with E-state index in [4.69, 9.17) is 29.9 Å². The first-order valence-corrected chi connectivity index (χ1v) is 14.3. The lowest BCUT2D eigenvalue weighted by Gasteiger charge is -2.10. The van der Waals surface area contributed by atoms with Gasteiger partial charge in [-0.2, -0.15) is 13.2 Å². The number of rotatable bonds is 0. The Kier molecular flexibility index (Phi) is 5.28. The molecule has 8 nitrogen and oxygen atoms in total.